The predicted octanol–water partition coefficient (Wildman–Crippen LogP) is 6.20. The van der Waals surface area contributed by atoms with E-state index in [1.807, 2.05) is 42.5 Å². The maximum absolute atomic E-state index is 12.6. The number of carbonyl (C=O) groups is 1. The Balaban J connectivity index is 1.74. The van der Waals surface area contributed by atoms with Crippen molar-refractivity contribution in [2.45, 2.75) is 20.3 Å². The van der Waals surface area contributed by atoms with E-state index in [4.69, 9.17) is 9.47 Å². The number of allylic oxidation sites excluding steroid dienone is 1. The van der Waals surface area contributed by atoms with E-state index in [-0.39, 0.29) is 17.9 Å². The van der Waals surface area contributed by atoms with Crippen molar-refractivity contribution in [3.8, 4) is 11.5 Å². The van der Waals surface area contributed by atoms with Gasteiger partial charge in [0.1, 0.15) is 22.1 Å². The number of fused-ring (bicyclic) bond motifs is 1. The lowest BCUT2D eigenvalue weighted by molar-refractivity contribution is 0.0525. The summed E-state index contributed by atoms with van der Waals surface area (Å²) in [5.41, 5.74) is 4.91. The fourth-order valence-corrected chi connectivity index (χ4v) is 4.60. The van der Waals surface area contributed by atoms with Crippen LogP contribution >= 0.6 is 11.3 Å². The minimum atomic E-state index is -0.573. The van der Waals surface area contributed by atoms with Crippen molar-refractivity contribution in [3.63, 3.8) is 0 Å². The maximum atomic E-state index is 12.6. The summed E-state index contributed by atoms with van der Waals surface area (Å²) in [6.45, 7) is 4.05. The van der Waals surface area contributed by atoms with Gasteiger partial charge in [0.25, 0.3) is 0 Å². The molecule has 0 unspecified atom stereocenters. The number of nitrogens with one attached hydrogen (secondary N) is 1. The summed E-state index contributed by atoms with van der Waals surface area (Å²) in [4.78, 5) is 17.7. The number of esters is 1. The van der Waals surface area contributed by atoms with Crippen molar-refractivity contribution >= 4 is 51.5 Å². The summed E-state index contributed by atoms with van der Waals surface area (Å²) in [6.07, 6.45) is 4.54. The Morgan fingerprint density at radius 2 is 1.97 bits per heavy atom. The van der Waals surface area contributed by atoms with Crippen molar-refractivity contribution < 1.29 is 19.4 Å². The van der Waals surface area contributed by atoms with Gasteiger partial charge in [-0.15, -0.1) is 11.3 Å². The van der Waals surface area contributed by atoms with E-state index in [1.165, 1.54) is 16.9 Å². The first-order chi connectivity index (χ1) is 15.5. The van der Waals surface area contributed by atoms with Gasteiger partial charge < -0.3 is 19.9 Å². The number of rotatable bonds is 7. The molecule has 0 aliphatic carbocycles. The number of hydrogen-bond acceptors (Lipinski definition) is 7. The number of anilines is 2. The highest BCUT2D eigenvalue weighted by Crippen LogP contribution is 2.44. The second kappa shape index (κ2) is 9.28. The van der Waals surface area contributed by atoms with E-state index in [9.17, 15) is 9.90 Å². The second-order valence-corrected chi connectivity index (χ2v) is 8.17. The fourth-order valence-electron chi connectivity index (χ4n) is 3.55. The van der Waals surface area contributed by atoms with Crippen LogP contribution in [0.2, 0.25) is 0 Å². The quantitative estimate of drug-likeness (QED) is 0.421. The topological polar surface area (TPSA) is 80.2 Å². The van der Waals surface area contributed by atoms with Gasteiger partial charge in [-0.1, -0.05) is 25.1 Å². The number of nitrogens with zero attached hydrogens (tertiary/aromatic N) is 1. The van der Waals surface area contributed by atoms with Gasteiger partial charge in [0.2, 0.25) is 0 Å². The summed E-state index contributed by atoms with van der Waals surface area (Å²) in [5, 5.41) is 14.7. The van der Waals surface area contributed by atoms with Crippen LogP contribution in [-0.2, 0) is 11.2 Å². The smallest absolute Gasteiger partial charge is 0.344 e. The number of thiophene rings is 1. The van der Waals surface area contributed by atoms with Crippen molar-refractivity contribution in [1.82, 2.24) is 0 Å². The number of aryl methyl sites for hydroxylation is 1. The number of benzene rings is 2. The first-order valence-corrected chi connectivity index (χ1v) is 11.2. The number of methoxy groups -OCH3 is 1. The Hall–Kier alpha value is -3.58. The van der Waals surface area contributed by atoms with Crippen LogP contribution in [-0.4, -0.2) is 31.0 Å². The average molecular weight is 449 g/mol. The number of aromatic hydroxyl groups is 1. The van der Waals surface area contributed by atoms with Crippen molar-refractivity contribution in [3.05, 3.63) is 64.0 Å². The molecule has 164 valence electrons. The lowest BCUT2D eigenvalue weighted by Gasteiger charge is -2.08. The highest BCUT2D eigenvalue weighted by Gasteiger charge is 2.25. The molecule has 0 bridgehead atoms. The zero-order valence-electron chi connectivity index (χ0n) is 18.1. The molecule has 2 aromatic carbocycles. The van der Waals surface area contributed by atoms with E-state index >= 15 is 0 Å². The largest absolute Gasteiger partial charge is 0.505 e. The molecule has 4 rings (SSSR count). The molecule has 1 aromatic heterocycles. The van der Waals surface area contributed by atoms with Crippen LogP contribution in [0.5, 0.6) is 11.5 Å². The van der Waals surface area contributed by atoms with Gasteiger partial charge in [-0.3, -0.25) is 4.99 Å². The third-order valence-electron chi connectivity index (χ3n) is 5.17. The first kappa shape index (κ1) is 21.6. The Morgan fingerprint density at radius 3 is 2.66 bits per heavy atom. The molecule has 6 nitrogen and oxygen atoms in total. The molecular weight excluding hydrogens is 424 g/mol. The van der Waals surface area contributed by atoms with Crippen LogP contribution in [0.15, 0.2) is 47.5 Å². The van der Waals surface area contributed by atoms with Gasteiger partial charge >= 0.3 is 5.97 Å². The average Bonchev–Trinajstić information content (AvgIpc) is 3.35. The molecule has 0 saturated carbocycles. The summed E-state index contributed by atoms with van der Waals surface area (Å²) in [5.74, 6) is 0.0485. The zero-order valence-corrected chi connectivity index (χ0v) is 19.0. The predicted molar refractivity (Wildman–Crippen MR) is 130 cm³/mol. The molecule has 32 heavy (non-hydrogen) atoms. The third-order valence-corrected chi connectivity index (χ3v) is 6.21. The fraction of sp³-hybridized carbons (Fsp3) is 0.200. The summed E-state index contributed by atoms with van der Waals surface area (Å²) in [7, 11) is 1.60. The molecule has 3 aromatic rings. The van der Waals surface area contributed by atoms with Gasteiger partial charge in [-0.2, -0.15) is 0 Å². The van der Waals surface area contributed by atoms with E-state index in [0.717, 1.165) is 34.7 Å². The molecule has 0 spiro atoms. The molecule has 0 radical (unpaired) electrons. The highest BCUT2D eigenvalue weighted by molar-refractivity contribution is 7.18. The SMILES string of the molecule is CCOC(=O)c1c(Nc2ccc(OC)cc2)sc(C=C2C=Nc3c(CC)cccc32)c1O. The molecule has 1 aliphatic rings. The first-order valence-electron chi connectivity index (χ1n) is 10.4. The molecule has 0 fully saturated rings. The van der Waals surface area contributed by atoms with Crippen LogP contribution in [0.25, 0.3) is 11.6 Å². The minimum Gasteiger partial charge on any atom is -0.505 e. The Kier molecular flexibility index (Phi) is 6.28. The van der Waals surface area contributed by atoms with E-state index in [2.05, 4.69) is 23.3 Å². The lowest BCUT2D eigenvalue weighted by atomic mass is 10.0. The van der Waals surface area contributed by atoms with Gasteiger partial charge in [0, 0.05) is 23.0 Å². The molecular formula is C25H24N2O4S. The Morgan fingerprint density at radius 1 is 1.19 bits per heavy atom. The van der Waals surface area contributed by atoms with Gasteiger partial charge in [-0.25, -0.2) is 4.79 Å². The summed E-state index contributed by atoms with van der Waals surface area (Å²) in [6, 6.07) is 13.4. The molecule has 1 aliphatic heterocycles. The number of carbonyl (C=O) groups excluding carboxylic acids is 1. The lowest BCUT2D eigenvalue weighted by Crippen LogP contribution is -2.06. The minimum absolute atomic E-state index is 0.106. The Labute approximate surface area is 190 Å². The van der Waals surface area contributed by atoms with Crippen LogP contribution in [0.4, 0.5) is 16.4 Å². The molecule has 0 amide bonds. The van der Waals surface area contributed by atoms with E-state index < -0.39 is 5.97 Å². The number of hydrogen-bond donors (Lipinski definition) is 2. The van der Waals surface area contributed by atoms with Gasteiger partial charge in [-0.05, 0) is 49.2 Å². The van der Waals surface area contributed by atoms with Crippen molar-refractivity contribution in [2.75, 3.05) is 19.0 Å². The van der Waals surface area contributed by atoms with Crippen LogP contribution in [0.3, 0.4) is 0 Å². The van der Waals surface area contributed by atoms with Crippen LogP contribution in [0, 0.1) is 0 Å². The monoisotopic (exact) mass is 448 g/mol. The highest BCUT2D eigenvalue weighted by atomic mass is 32.1. The number of aliphatic imine (C=N–C) groups is 1. The van der Waals surface area contributed by atoms with Crippen LogP contribution < -0.4 is 10.1 Å². The van der Waals surface area contributed by atoms with Gasteiger partial charge in [0.15, 0.2) is 0 Å². The second-order valence-electron chi connectivity index (χ2n) is 7.12. The van der Waals surface area contributed by atoms with Gasteiger partial charge in [0.05, 0.1) is 24.3 Å². The standard InChI is InChI=1S/C25H24N2O4S/c1-4-15-7-6-8-19-16(14-26-22(15)19)13-20-23(28)21(25(29)31-5-2)24(32-20)27-17-9-11-18(30-3)12-10-17/h6-14,27-28H,4-5H2,1-3H3. The third kappa shape index (κ3) is 4.11. The van der Waals surface area contributed by atoms with E-state index in [0.29, 0.717) is 9.88 Å². The summed E-state index contributed by atoms with van der Waals surface area (Å²) >= 11 is 1.29. The molecule has 7 heteroatoms. The van der Waals surface area contributed by atoms with Crippen LogP contribution in [0.1, 0.15) is 40.2 Å². The number of para-hydroxylation sites is 1. The summed E-state index contributed by atoms with van der Waals surface area (Å²) < 4.78 is 10.4. The maximum Gasteiger partial charge on any atom is 0.344 e. The zero-order chi connectivity index (χ0) is 22.7. The van der Waals surface area contributed by atoms with E-state index in [1.54, 1.807) is 20.2 Å². The van der Waals surface area contributed by atoms with Crippen molar-refractivity contribution in [1.29, 1.82) is 0 Å². The Bertz CT molecular complexity index is 1210. The molecule has 0 saturated heterocycles. The molecule has 2 N–H and O–H groups in total. The van der Waals surface area contributed by atoms with Crippen molar-refractivity contribution in [2.24, 2.45) is 4.99 Å². The molecule has 2 heterocycles. The molecule has 0 atom stereocenters. The normalized spacial score (nSPS) is 13.3. The number of ether oxygens (including phenoxy) is 2.